The van der Waals surface area contributed by atoms with Crippen molar-refractivity contribution in [1.29, 1.82) is 0 Å². The molecule has 14 heavy (non-hydrogen) atoms. The molecule has 1 N–H and O–H groups in total. The Morgan fingerprint density at radius 1 is 1.36 bits per heavy atom. The third-order valence-electron chi connectivity index (χ3n) is 2.93. The van der Waals surface area contributed by atoms with E-state index in [0.29, 0.717) is 6.04 Å². The molecule has 76 valence electrons. The summed E-state index contributed by atoms with van der Waals surface area (Å²) in [5.41, 5.74) is 1.38. The van der Waals surface area contributed by atoms with Gasteiger partial charge in [0.05, 0.1) is 11.2 Å². The van der Waals surface area contributed by atoms with Crippen LogP contribution in [0.3, 0.4) is 0 Å². The second-order valence-corrected chi connectivity index (χ2v) is 4.45. The molecular formula is C12H18N2. The first-order valence-corrected chi connectivity index (χ1v) is 5.42. The van der Waals surface area contributed by atoms with Gasteiger partial charge in [-0.05, 0) is 45.2 Å². The molecule has 1 heterocycles. The lowest BCUT2D eigenvalue weighted by molar-refractivity contribution is 0.165. The minimum Gasteiger partial charge on any atom is -0.304 e. The quantitative estimate of drug-likeness (QED) is 0.792. The van der Waals surface area contributed by atoms with Crippen molar-refractivity contribution in [2.75, 3.05) is 0 Å². The molecule has 1 aromatic rings. The molecule has 0 saturated heterocycles. The van der Waals surface area contributed by atoms with E-state index in [9.17, 15) is 0 Å². The molecule has 0 bridgehead atoms. The van der Waals surface area contributed by atoms with Gasteiger partial charge in [0.2, 0.25) is 0 Å². The largest absolute Gasteiger partial charge is 0.304 e. The maximum Gasteiger partial charge on any atom is 0.0610 e. The Balaban J connectivity index is 2.20. The van der Waals surface area contributed by atoms with Gasteiger partial charge in [-0.15, -0.1) is 0 Å². The summed E-state index contributed by atoms with van der Waals surface area (Å²) in [6.45, 7) is 4.39. The lowest BCUT2D eigenvalue weighted by Gasteiger charge is -2.43. The highest BCUT2D eigenvalue weighted by molar-refractivity contribution is 5.19. The number of pyridine rings is 1. The van der Waals surface area contributed by atoms with Gasteiger partial charge in [-0.3, -0.25) is 4.98 Å². The maximum absolute atomic E-state index is 4.46. The SMILES string of the molecule is CC(C)NC1(c2ccccn2)CCC1. The summed E-state index contributed by atoms with van der Waals surface area (Å²) in [6, 6.07) is 6.71. The second kappa shape index (κ2) is 3.70. The zero-order valence-electron chi connectivity index (χ0n) is 8.96. The van der Waals surface area contributed by atoms with Gasteiger partial charge in [0.15, 0.2) is 0 Å². The van der Waals surface area contributed by atoms with E-state index in [4.69, 9.17) is 0 Å². The third-order valence-corrected chi connectivity index (χ3v) is 2.93. The predicted octanol–water partition coefficient (Wildman–Crippen LogP) is 2.46. The molecule has 0 radical (unpaired) electrons. The molecule has 2 heteroatoms. The summed E-state index contributed by atoms with van der Waals surface area (Å²) >= 11 is 0. The van der Waals surface area contributed by atoms with Gasteiger partial charge >= 0.3 is 0 Å². The van der Waals surface area contributed by atoms with Gasteiger partial charge in [-0.25, -0.2) is 0 Å². The molecule has 1 aliphatic rings. The van der Waals surface area contributed by atoms with Crippen LogP contribution in [0.1, 0.15) is 38.8 Å². The Morgan fingerprint density at radius 2 is 2.14 bits per heavy atom. The smallest absolute Gasteiger partial charge is 0.0610 e. The van der Waals surface area contributed by atoms with Crippen molar-refractivity contribution < 1.29 is 0 Å². The third kappa shape index (κ3) is 1.67. The van der Waals surface area contributed by atoms with E-state index in [1.54, 1.807) is 0 Å². The fraction of sp³-hybridized carbons (Fsp3) is 0.583. The van der Waals surface area contributed by atoms with Crippen molar-refractivity contribution in [3.05, 3.63) is 30.1 Å². The van der Waals surface area contributed by atoms with Gasteiger partial charge in [-0.1, -0.05) is 6.07 Å². The van der Waals surface area contributed by atoms with Crippen LogP contribution in [0.25, 0.3) is 0 Å². The summed E-state index contributed by atoms with van der Waals surface area (Å²) in [6.07, 6.45) is 5.65. The minimum atomic E-state index is 0.176. The molecule has 0 aromatic carbocycles. The van der Waals surface area contributed by atoms with Gasteiger partial charge in [0.25, 0.3) is 0 Å². The summed E-state index contributed by atoms with van der Waals surface area (Å²) < 4.78 is 0. The molecule has 0 spiro atoms. The molecule has 1 fully saturated rings. The molecule has 2 rings (SSSR count). The molecule has 0 atom stereocenters. The lowest BCUT2D eigenvalue weighted by Crippen LogP contribution is -2.51. The van der Waals surface area contributed by atoms with Crippen LogP contribution in [0.15, 0.2) is 24.4 Å². The molecule has 0 unspecified atom stereocenters. The monoisotopic (exact) mass is 190 g/mol. The minimum absolute atomic E-state index is 0.176. The van der Waals surface area contributed by atoms with Crippen molar-refractivity contribution in [1.82, 2.24) is 10.3 Å². The van der Waals surface area contributed by atoms with E-state index in [1.807, 2.05) is 12.3 Å². The standard InChI is InChI=1S/C12H18N2/c1-10(2)14-12(7-5-8-12)11-6-3-4-9-13-11/h3-4,6,9-10,14H,5,7-8H2,1-2H3. The predicted molar refractivity (Wildman–Crippen MR) is 58.0 cm³/mol. The number of aromatic nitrogens is 1. The van der Waals surface area contributed by atoms with Crippen LogP contribution in [0.4, 0.5) is 0 Å². The second-order valence-electron chi connectivity index (χ2n) is 4.45. The number of rotatable bonds is 3. The van der Waals surface area contributed by atoms with Gasteiger partial charge in [0.1, 0.15) is 0 Å². The Morgan fingerprint density at radius 3 is 2.57 bits per heavy atom. The van der Waals surface area contributed by atoms with Crippen molar-refractivity contribution in [3.63, 3.8) is 0 Å². The number of hydrogen-bond acceptors (Lipinski definition) is 2. The molecule has 0 amide bonds. The van der Waals surface area contributed by atoms with Gasteiger partial charge < -0.3 is 5.32 Å². The fourth-order valence-corrected chi connectivity index (χ4v) is 2.20. The van der Waals surface area contributed by atoms with Crippen LogP contribution in [0, 0.1) is 0 Å². The Kier molecular flexibility index (Phi) is 2.55. The molecule has 1 saturated carbocycles. The lowest BCUT2D eigenvalue weighted by atomic mass is 9.73. The van der Waals surface area contributed by atoms with E-state index in [1.165, 1.54) is 25.0 Å². The Hall–Kier alpha value is -0.890. The zero-order chi connectivity index (χ0) is 10.0. The average molecular weight is 190 g/mol. The summed E-state index contributed by atoms with van der Waals surface area (Å²) in [4.78, 5) is 4.46. The number of hydrogen-bond donors (Lipinski definition) is 1. The topological polar surface area (TPSA) is 24.9 Å². The zero-order valence-corrected chi connectivity index (χ0v) is 8.96. The van der Waals surface area contributed by atoms with E-state index in [-0.39, 0.29) is 5.54 Å². The van der Waals surface area contributed by atoms with Crippen molar-refractivity contribution >= 4 is 0 Å². The first kappa shape index (κ1) is 9.66. The molecule has 2 nitrogen and oxygen atoms in total. The van der Waals surface area contributed by atoms with Crippen molar-refractivity contribution in [3.8, 4) is 0 Å². The van der Waals surface area contributed by atoms with Crippen LogP contribution in [-0.2, 0) is 5.54 Å². The number of nitrogens with one attached hydrogen (secondary N) is 1. The summed E-state index contributed by atoms with van der Waals surface area (Å²) in [5, 5.41) is 3.65. The van der Waals surface area contributed by atoms with Crippen molar-refractivity contribution in [2.45, 2.75) is 44.7 Å². The highest BCUT2D eigenvalue weighted by Gasteiger charge is 2.39. The summed E-state index contributed by atoms with van der Waals surface area (Å²) in [5.74, 6) is 0. The molecular weight excluding hydrogens is 172 g/mol. The van der Waals surface area contributed by atoms with Gasteiger partial charge in [-0.2, -0.15) is 0 Å². The van der Waals surface area contributed by atoms with Crippen LogP contribution in [-0.4, -0.2) is 11.0 Å². The highest BCUT2D eigenvalue weighted by atomic mass is 15.0. The summed E-state index contributed by atoms with van der Waals surface area (Å²) in [7, 11) is 0. The van der Waals surface area contributed by atoms with Crippen LogP contribution < -0.4 is 5.32 Å². The number of nitrogens with zero attached hydrogens (tertiary/aromatic N) is 1. The Bertz CT molecular complexity index is 288. The van der Waals surface area contributed by atoms with Crippen molar-refractivity contribution in [2.24, 2.45) is 0 Å². The van der Waals surface area contributed by atoms with Crippen LogP contribution in [0.5, 0.6) is 0 Å². The first-order valence-electron chi connectivity index (χ1n) is 5.42. The van der Waals surface area contributed by atoms with E-state index in [2.05, 4.69) is 36.3 Å². The van der Waals surface area contributed by atoms with Crippen LogP contribution in [0.2, 0.25) is 0 Å². The highest BCUT2D eigenvalue weighted by Crippen LogP contribution is 2.40. The average Bonchev–Trinajstić information content (AvgIpc) is 2.12. The molecule has 0 aliphatic heterocycles. The van der Waals surface area contributed by atoms with E-state index < -0.39 is 0 Å². The Labute approximate surface area is 85.7 Å². The van der Waals surface area contributed by atoms with E-state index in [0.717, 1.165) is 0 Å². The fourth-order valence-electron chi connectivity index (χ4n) is 2.20. The van der Waals surface area contributed by atoms with Gasteiger partial charge in [0, 0.05) is 12.2 Å². The first-order chi connectivity index (χ1) is 6.73. The molecule has 1 aromatic heterocycles. The molecule has 1 aliphatic carbocycles. The van der Waals surface area contributed by atoms with Crippen LogP contribution >= 0.6 is 0 Å². The normalized spacial score (nSPS) is 19.4. The maximum atomic E-state index is 4.46. The van der Waals surface area contributed by atoms with E-state index >= 15 is 0 Å².